The van der Waals surface area contributed by atoms with Crippen molar-refractivity contribution in [1.82, 2.24) is 15.0 Å². The van der Waals surface area contributed by atoms with Gasteiger partial charge in [-0.1, -0.05) is 5.16 Å². The maximum absolute atomic E-state index is 9.50. The fourth-order valence-electron chi connectivity index (χ4n) is 1.76. The largest absolute Gasteiger partial charge is 0.391 e. The monoisotopic (exact) mass is 211 g/mol. The van der Waals surface area contributed by atoms with Gasteiger partial charge in [0.25, 0.3) is 0 Å². The molecule has 1 aliphatic heterocycles. The van der Waals surface area contributed by atoms with Gasteiger partial charge in [-0.3, -0.25) is 5.41 Å². The van der Waals surface area contributed by atoms with Gasteiger partial charge in [-0.15, -0.1) is 0 Å². The average Bonchev–Trinajstić information content (AvgIpc) is 2.71. The van der Waals surface area contributed by atoms with Gasteiger partial charge >= 0.3 is 0 Å². The van der Waals surface area contributed by atoms with Gasteiger partial charge in [-0.05, 0) is 6.92 Å². The van der Waals surface area contributed by atoms with E-state index in [4.69, 9.17) is 15.7 Å². The van der Waals surface area contributed by atoms with Crippen LogP contribution >= 0.6 is 0 Å². The Morgan fingerprint density at radius 1 is 1.73 bits per heavy atom. The number of guanidine groups is 1. The van der Waals surface area contributed by atoms with Crippen LogP contribution in [0.5, 0.6) is 0 Å². The number of nitrogens with one attached hydrogen (secondary N) is 1. The van der Waals surface area contributed by atoms with Crippen LogP contribution in [0, 0.1) is 12.3 Å². The van der Waals surface area contributed by atoms with Gasteiger partial charge in [0.1, 0.15) is 6.04 Å². The summed E-state index contributed by atoms with van der Waals surface area (Å²) in [5.41, 5.74) is 5.40. The zero-order valence-electron chi connectivity index (χ0n) is 8.34. The molecular weight excluding hydrogens is 198 g/mol. The highest BCUT2D eigenvalue weighted by atomic mass is 16.5. The quantitative estimate of drug-likeness (QED) is 0.421. The molecule has 0 unspecified atom stereocenters. The van der Waals surface area contributed by atoms with E-state index in [-0.39, 0.29) is 12.0 Å². The number of nitrogens with two attached hydrogens (primary N) is 1. The molecule has 0 aromatic carbocycles. The number of hydrogen-bond donors (Lipinski definition) is 3. The van der Waals surface area contributed by atoms with Gasteiger partial charge in [0.2, 0.25) is 5.89 Å². The number of hydrogen-bond acceptors (Lipinski definition) is 5. The lowest BCUT2D eigenvalue weighted by Gasteiger charge is -2.20. The van der Waals surface area contributed by atoms with Crippen molar-refractivity contribution >= 4 is 5.96 Å². The van der Waals surface area contributed by atoms with E-state index >= 15 is 0 Å². The van der Waals surface area contributed by atoms with Gasteiger partial charge in [0.15, 0.2) is 11.8 Å². The van der Waals surface area contributed by atoms with E-state index < -0.39 is 6.10 Å². The SMILES string of the molecule is Cc1noc([C@@H]2C[C@H](O)CN2C(=N)N)n1. The van der Waals surface area contributed by atoms with Gasteiger partial charge in [-0.2, -0.15) is 4.98 Å². The summed E-state index contributed by atoms with van der Waals surface area (Å²) >= 11 is 0. The second kappa shape index (κ2) is 3.50. The topological polar surface area (TPSA) is 112 Å². The Labute approximate surface area is 86.4 Å². The van der Waals surface area contributed by atoms with E-state index in [2.05, 4.69) is 10.1 Å². The Bertz CT molecular complexity index is 377. The Morgan fingerprint density at radius 3 is 3.00 bits per heavy atom. The molecule has 2 rings (SSSR count). The lowest BCUT2D eigenvalue weighted by atomic mass is 10.2. The lowest BCUT2D eigenvalue weighted by molar-refractivity contribution is 0.187. The molecule has 0 radical (unpaired) electrons. The summed E-state index contributed by atoms with van der Waals surface area (Å²) in [6.45, 7) is 2.05. The van der Waals surface area contributed by atoms with Crippen molar-refractivity contribution in [3.63, 3.8) is 0 Å². The van der Waals surface area contributed by atoms with Crippen molar-refractivity contribution < 1.29 is 9.63 Å². The predicted molar refractivity (Wildman–Crippen MR) is 51.0 cm³/mol. The van der Waals surface area contributed by atoms with Crippen molar-refractivity contribution in [1.29, 1.82) is 5.41 Å². The molecule has 4 N–H and O–H groups in total. The summed E-state index contributed by atoms with van der Waals surface area (Å²) in [7, 11) is 0. The molecule has 0 aliphatic carbocycles. The van der Waals surface area contributed by atoms with E-state index in [9.17, 15) is 5.11 Å². The Balaban J connectivity index is 2.24. The fraction of sp³-hybridized carbons (Fsp3) is 0.625. The average molecular weight is 211 g/mol. The van der Waals surface area contributed by atoms with E-state index in [1.807, 2.05) is 0 Å². The molecule has 1 aromatic rings. The standard InChI is InChI=1S/C8H13N5O2/c1-4-11-7(15-12-4)6-2-5(14)3-13(6)8(9)10/h5-6,14H,2-3H2,1H3,(H3,9,10)/t5-,6-/m0/s1. The van der Waals surface area contributed by atoms with Crippen LogP contribution in [0.2, 0.25) is 0 Å². The summed E-state index contributed by atoms with van der Waals surface area (Å²) in [5.74, 6) is 0.849. The summed E-state index contributed by atoms with van der Waals surface area (Å²) in [6, 6.07) is -0.279. The molecule has 1 aliphatic rings. The molecule has 0 bridgehead atoms. The Morgan fingerprint density at radius 2 is 2.47 bits per heavy atom. The highest BCUT2D eigenvalue weighted by Crippen LogP contribution is 2.30. The van der Waals surface area contributed by atoms with Gasteiger partial charge < -0.3 is 20.3 Å². The van der Waals surface area contributed by atoms with Crippen LogP contribution in [-0.4, -0.2) is 38.8 Å². The van der Waals surface area contributed by atoms with Gasteiger partial charge in [-0.25, -0.2) is 0 Å². The highest BCUT2D eigenvalue weighted by Gasteiger charge is 2.36. The highest BCUT2D eigenvalue weighted by molar-refractivity contribution is 5.75. The van der Waals surface area contributed by atoms with Crippen LogP contribution in [-0.2, 0) is 0 Å². The van der Waals surface area contributed by atoms with Crippen molar-refractivity contribution in [2.24, 2.45) is 5.73 Å². The molecule has 0 saturated carbocycles. The summed E-state index contributed by atoms with van der Waals surface area (Å²) in [5, 5.41) is 20.5. The first kappa shape index (κ1) is 9.91. The maximum Gasteiger partial charge on any atom is 0.249 e. The molecule has 1 saturated heterocycles. The number of aryl methyl sites for hydroxylation is 1. The number of rotatable bonds is 1. The third-order valence-corrected chi connectivity index (χ3v) is 2.42. The number of β-amino-alcohol motifs (C(OH)–C–C–N with tert-alkyl or cyclic N) is 1. The molecule has 2 atom stereocenters. The Kier molecular flexibility index (Phi) is 2.31. The molecule has 7 heteroatoms. The molecule has 2 heterocycles. The Hall–Kier alpha value is -1.63. The van der Waals surface area contributed by atoms with Crippen LogP contribution in [0.25, 0.3) is 0 Å². The molecule has 0 spiro atoms. The first-order valence-corrected chi connectivity index (χ1v) is 4.67. The smallest absolute Gasteiger partial charge is 0.249 e. The second-order valence-electron chi connectivity index (χ2n) is 3.62. The first-order chi connectivity index (χ1) is 7.08. The summed E-state index contributed by atoms with van der Waals surface area (Å²) < 4.78 is 5.01. The number of nitrogens with zero attached hydrogens (tertiary/aromatic N) is 3. The second-order valence-corrected chi connectivity index (χ2v) is 3.62. The molecule has 1 fully saturated rings. The van der Waals surface area contributed by atoms with Crippen LogP contribution in [0.3, 0.4) is 0 Å². The minimum absolute atomic E-state index is 0.0904. The van der Waals surface area contributed by atoms with Crippen LogP contribution < -0.4 is 5.73 Å². The molecule has 15 heavy (non-hydrogen) atoms. The molecule has 1 aromatic heterocycles. The number of likely N-dealkylation sites (tertiary alicyclic amines) is 1. The van der Waals surface area contributed by atoms with Gasteiger partial charge in [0.05, 0.1) is 6.10 Å². The third kappa shape index (κ3) is 1.78. The zero-order valence-corrected chi connectivity index (χ0v) is 8.34. The van der Waals surface area contributed by atoms with E-state index in [0.717, 1.165) is 0 Å². The van der Waals surface area contributed by atoms with Crippen LogP contribution in [0.4, 0.5) is 0 Å². The molecule has 82 valence electrons. The first-order valence-electron chi connectivity index (χ1n) is 4.67. The van der Waals surface area contributed by atoms with Crippen molar-refractivity contribution in [2.45, 2.75) is 25.5 Å². The van der Waals surface area contributed by atoms with E-state index in [0.29, 0.717) is 24.7 Å². The third-order valence-electron chi connectivity index (χ3n) is 2.42. The predicted octanol–water partition coefficient (Wildman–Crippen LogP) is -0.621. The maximum atomic E-state index is 9.50. The number of aromatic nitrogens is 2. The van der Waals surface area contributed by atoms with Crippen molar-refractivity contribution in [3.05, 3.63) is 11.7 Å². The minimum atomic E-state index is -0.508. The van der Waals surface area contributed by atoms with Crippen LogP contribution in [0.15, 0.2) is 4.52 Å². The molecular formula is C8H13N5O2. The number of aliphatic hydroxyl groups excluding tert-OH is 1. The van der Waals surface area contributed by atoms with Crippen LogP contribution in [0.1, 0.15) is 24.2 Å². The molecule has 7 nitrogen and oxygen atoms in total. The van der Waals surface area contributed by atoms with Gasteiger partial charge in [0, 0.05) is 13.0 Å². The van der Waals surface area contributed by atoms with Crippen molar-refractivity contribution in [2.75, 3.05) is 6.54 Å². The lowest BCUT2D eigenvalue weighted by Crippen LogP contribution is -2.36. The van der Waals surface area contributed by atoms with E-state index in [1.165, 1.54) is 0 Å². The summed E-state index contributed by atoms with van der Waals surface area (Å²) in [4.78, 5) is 5.63. The number of aliphatic hydroxyl groups is 1. The fourth-order valence-corrected chi connectivity index (χ4v) is 1.76. The summed E-state index contributed by atoms with van der Waals surface area (Å²) in [6.07, 6.45) is -0.0487. The zero-order chi connectivity index (χ0) is 11.0. The molecule has 0 amide bonds. The normalized spacial score (nSPS) is 25.9. The minimum Gasteiger partial charge on any atom is -0.391 e. The van der Waals surface area contributed by atoms with E-state index in [1.54, 1.807) is 11.8 Å². The van der Waals surface area contributed by atoms with Crippen molar-refractivity contribution in [3.8, 4) is 0 Å².